The van der Waals surface area contributed by atoms with Gasteiger partial charge in [0.05, 0.1) is 17.6 Å². The normalized spacial score (nSPS) is 16.8. The van der Waals surface area contributed by atoms with Gasteiger partial charge in [-0.3, -0.25) is 43.5 Å². The fourth-order valence-corrected chi connectivity index (χ4v) is 11.3. The van der Waals surface area contributed by atoms with Crippen LogP contribution in [-0.2, 0) is 39.7 Å². The molecular weight excluding hydrogens is 982 g/mol. The molecule has 7 atom stereocenters. The van der Waals surface area contributed by atoms with Gasteiger partial charge in [-0.15, -0.1) is 11.3 Å². The maximum absolute atomic E-state index is 14.3. The first-order valence-corrected chi connectivity index (χ1v) is 28.1. The first kappa shape index (κ1) is 58.0. The van der Waals surface area contributed by atoms with E-state index in [1.54, 1.807) is 18.1 Å². The zero-order valence-corrected chi connectivity index (χ0v) is 44.3. The molecule has 3 heterocycles. The van der Waals surface area contributed by atoms with E-state index in [2.05, 4.69) is 25.9 Å². The Morgan fingerprint density at radius 2 is 1.79 bits per heavy atom. The van der Waals surface area contributed by atoms with Gasteiger partial charge in [0, 0.05) is 56.2 Å². The topological polar surface area (TPSA) is 267 Å². The predicted octanol–water partition coefficient (Wildman–Crippen LogP) is 7.11. The highest BCUT2D eigenvalue weighted by molar-refractivity contribution is 8.76. The Morgan fingerprint density at radius 3 is 2.41 bits per heavy atom. The molecule has 2 aromatic heterocycles. The van der Waals surface area contributed by atoms with E-state index in [0.29, 0.717) is 35.6 Å². The summed E-state index contributed by atoms with van der Waals surface area (Å²) in [4.78, 5) is 111. The Kier molecular flexibility index (Phi) is 23.1. The van der Waals surface area contributed by atoms with Crippen LogP contribution in [-0.4, -0.2) is 121 Å². The molecule has 0 spiro atoms. The number of pyridine rings is 1. The van der Waals surface area contributed by atoms with Gasteiger partial charge in [0.2, 0.25) is 17.7 Å². The summed E-state index contributed by atoms with van der Waals surface area (Å²) in [5.41, 5.74) is 0.415. The highest BCUT2D eigenvalue weighted by atomic mass is 33.1. The number of thiazole rings is 1. The molecule has 0 bridgehead atoms. The van der Waals surface area contributed by atoms with E-state index < -0.39 is 61.7 Å². The molecular formula is C47H68N7O12PS3. The number of ether oxygens (including phenoxy) is 1. The fourth-order valence-electron chi connectivity index (χ4n) is 8.04. The Balaban J connectivity index is 1.52. The lowest BCUT2D eigenvalue weighted by molar-refractivity contribution is -0.149. The summed E-state index contributed by atoms with van der Waals surface area (Å²) in [6, 6.07) is 7.34. The Labute approximate surface area is 422 Å². The smallest absolute Gasteiger partial charge is 0.481 e. The summed E-state index contributed by atoms with van der Waals surface area (Å²) < 4.78 is 22.6. The third-order valence-corrected chi connectivity index (χ3v) is 15.8. The van der Waals surface area contributed by atoms with Crippen LogP contribution in [0.5, 0.6) is 5.75 Å². The molecule has 1 fully saturated rings. The van der Waals surface area contributed by atoms with E-state index in [4.69, 9.17) is 9.26 Å². The van der Waals surface area contributed by atoms with Gasteiger partial charge in [-0.05, 0) is 98.2 Å². The van der Waals surface area contributed by atoms with Crippen molar-refractivity contribution in [1.82, 2.24) is 30.4 Å². The van der Waals surface area contributed by atoms with E-state index in [1.165, 1.54) is 59.0 Å². The van der Waals surface area contributed by atoms with E-state index in [-0.39, 0.29) is 72.5 Å². The second kappa shape index (κ2) is 27.9. The number of amides is 4. The van der Waals surface area contributed by atoms with Gasteiger partial charge in [-0.1, -0.05) is 70.4 Å². The molecule has 4 amide bonds. The number of nitrogens with zero attached hydrogens (tertiary/aromatic N) is 4. The number of anilines is 1. The molecule has 386 valence electrons. The summed E-state index contributed by atoms with van der Waals surface area (Å²) in [5.74, 6) is -4.16. The van der Waals surface area contributed by atoms with Crippen LogP contribution in [0.3, 0.4) is 0 Å². The standard InChI is InChI=1S/C47H68N7O12PS3/c1-9-29(4)42(52-44(58)36-15-11-13-21-53(36)7)46(59)54(8)37(28(2)3)26-39(65-31(6)55)45-51-35(27-68-45)43(57)49-33(23-30(5)47(60)61)24-32-18-19-38(66-67(62,63)64)34(25-32)50-40(56)16-14-22-69-70-41-17-10-12-20-48-41/h10,12,17-20,25,27-30,33,36-37,39,42H,9,11,13-16,21-24,26H2,1-8H3,(H,49,57)(H,50,56)(H,52,58)(H,60,61)(H2,62,63,64)/t29?,30?,33?,36-,37?,39?,42?/m1/s1. The maximum atomic E-state index is 14.3. The number of carbonyl (C=O) groups excluding carboxylic acids is 5. The Morgan fingerprint density at radius 1 is 1.04 bits per heavy atom. The van der Waals surface area contributed by atoms with Gasteiger partial charge < -0.3 is 35.2 Å². The molecule has 4 rings (SSSR count). The van der Waals surface area contributed by atoms with Gasteiger partial charge >= 0.3 is 19.8 Å². The number of piperidine rings is 1. The molecule has 6 unspecified atom stereocenters. The van der Waals surface area contributed by atoms with E-state index in [9.17, 15) is 48.2 Å². The number of benzene rings is 1. The van der Waals surface area contributed by atoms with Crippen LogP contribution in [0.25, 0.3) is 0 Å². The van der Waals surface area contributed by atoms with E-state index in [1.807, 2.05) is 57.8 Å². The number of esters is 1. The van der Waals surface area contributed by atoms with Crippen molar-refractivity contribution < 1.29 is 57.5 Å². The SMILES string of the molecule is CCC(C)C(NC(=O)[C@H]1CCCCN1C)C(=O)N(C)C(CC(OC(C)=O)c1nc(C(=O)NC(Cc2ccc(OP(=O)(O)O)c(NC(=O)CCCSSc3ccccn3)c2)CC(C)C(=O)O)cs1)C(C)C. The highest BCUT2D eigenvalue weighted by Crippen LogP contribution is 2.42. The second-order valence-electron chi connectivity index (χ2n) is 18.0. The van der Waals surface area contributed by atoms with Crippen molar-refractivity contribution in [2.75, 3.05) is 31.7 Å². The van der Waals surface area contributed by atoms with Gasteiger partial charge in [0.15, 0.2) is 11.9 Å². The minimum atomic E-state index is -5.05. The maximum Gasteiger partial charge on any atom is 0.524 e. The quantitative estimate of drug-likeness (QED) is 0.0192. The first-order valence-electron chi connectivity index (χ1n) is 23.4. The number of nitrogens with one attached hydrogen (secondary N) is 3. The molecule has 1 aliphatic heterocycles. The fraction of sp³-hybridized carbons (Fsp3) is 0.574. The predicted molar refractivity (Wildman–Crippen MR) is 270 cm³/mol. The number of carbonyl (C=O) groups is 6. The number of likely N-dealkylation sites (N-methyl/N-ethyl adjacent to an activating group) is 2. The van der Waals surface area contributed by atoms with Crippen molar-refractivity contribution >= 4 is 82.0 Å². The Bertz CT molecular complexity index is 2290. The van der Waals surface area contributed by atoms with Crippen LogP contribution >= 0.6 is 40.7 Å². The molecule has 70 heavy (non-hydrogen) atoms. The average Bonchev–Trinajstić information content (AvgIpc) is 3.80. The average molecular weight is 1050 g/mol. The van der Waals surface area contributed by atoms with Crippen molar-refractivity contribution in [3.05, 3.63) is 64.2 Å². The van der Waals surface area contributed by atoms with Crippen molar-refractivity contribution in [3.8, 4) is 5.75 Å². The number of aliphatic carboxylic acids is 1. The number of hydrogen-bond acceptors (Lipinski definition) is 15. The summed E-state index contributed by atoms with van der Waals surface area (Å²) in [6.07, 6.45) is 4.70. The lowest BCUT2D eigenvalue weighted by atomic mass is 9.92. The van der Waals surface area contributed by atoms with Crippen LogP contribution in [0.1, 0.15) is 120 Å². The summed E-state index contributed by atoms with van der Waals surface area (Å²) in [5, 5.41) is 21.1. The van der Waals surface area contributed by atoms with Crippen molar-refractivity contribution in [2.24, 2.45) is 17.8 Å². The highest BCUT2D eigenvalue weighted by Gasteiger charge is 2.37. The number of likely N-dealkylation sites (tertiary alicyclic amines) is 1. The molecule has 1 aromatic carbocycles. The minimum Gasteiger partial charge on any atom is -0.481 e. The van der Waals surface area contributed by atoms with Crippen LogP contribution in [0.15, 0.2) is 53.0 Å². The lowest BCUT2D eigenvalue weighted by Crippen LogP contribution is -2.58. The minimum absolute atomic E-state index is 0.0298. The third-order valence-electron chi connectivity index (χ3n) is 12.1. The molecule has 3 aromatic rings. The molecule has 0 radical (unpaired) electrons. The van der Waals surface area contributed by atoms with E-state index >= 15 is 0 Å². The summed E-state index contributed by atoms with van der Waals surface area (Å²) in [6.45, 7) is 11.3. The number of phosphoric acid groups is 1. The molecule has 0 aliphatic carbocycles. The number of rotatable bonds is 27. The number of aromatic nitrogens is 2. The third kappa shape index (κ3) is 18.6. The van der Waals surface area contributed by atoms with Crippen molar-refractivity contribution in [2.45, 2.75) is 135 Å². The van der Waals surface area contributed by atoms with E-state index in [0.717, 1.165) is 35.7 Å². The molecule has 0 saturated carbocycles. The molecule has 1 aliphatic rings. The van der Waals surface area contributed by atoms with Crippen molar-refractivity contribution in [1.29, 1.82) is 0 Å². The lowest BCUT2D eigenvalue weighted by Gasteiger charge is -2.38. The zero-order chi connectivity index (χ0) is 51.7. The zero-order valence-electron chi connectivity index (χ0n) is 41.0. The van der Waals surface area contributed by atoms with Gasteiger partial charge in [-0.25, -0.2) is 14.5 Å². The number of hydrogen-bond donors (Lipinski definition) is 6. The van der Waals surface area contributed by atoms with Gasteiger partial charge in [0.1, 0.15) is 21.8 Å². The molecule has 23 heteroatoms. The molecule has 6 N–H and O–H groups in total. The summed E-state index contributed by atoms with van der Waals surface area (Å²) >= 11 is 1.08. The van der Waals surface area contributed by atoms with Crippen molar-refractivity contribution in [3.63, 3.8) is 0 Å². The number of carboxylic acids is 1. The van der Waals surface area contributed by atoms with Gasteiger partial charge in [0.25, 0.3) is 5.91 Å². The van der Waals surface area contributed by atoms with Gasteiger partial charge in [-0.2, -0.15) is 0 Å². The molecule has 19 nitrogen and oxygen atoms in total. The number of carboxylic acid groups (broad SMARTS) is 1. The first-order chi connectivity index (χ1) is 33.1. The van der Waals surface area contributed by atoms with Crippen LogP contribution in [0.4, 0.5) is 5.69 Å². The molecule has 1 saturated heterocycles. The monoisotopic (exact) mass is 1050 g/mol. The van der Waals surface area contributed by atoms with Crippen LogP contribution in [0, 0.1) is 17.8 Å². The number of phosphoric ester groups is 1. The Hall–Kier alpha value is -4.57. The van der Waals surface area contributed by atoms with Crippen LogP contribution < -0.4 is 20.5 Å². The summed E-state index contributed by atoms with van der Waals surface area (Å²) in [7, 11) is 1.53. The second-order valence-corrected chi connectivity index (χ2v) is 22.5. The van der Waals surface area contributed by atoms with Crippen LogP contribution in [0.2, 0.25) is 0 Å². The largest absolute Gasteiger partial charge is 0.524 e.